The molecule has 48 valence electrons. The lowest BCUT2D eigenvalue weighted by Crippen LogP contribution is -2.15. The van der Waals surface area contributed by atoms with E-state index in [0.717, 1.165) is 0 Å². The molecule has 0 fully saturated rings. The molecule has 8 heavy (non-hydrogen) atoms. The van der Waals surface area contributed by atoms with Crippen molar-refractivity contribution in [2.45, 2.75) is 0 Å². The van der Waals surface area contributed by atoms with Crippen LogP contribution in [0, 0.1) is 0 Å². The highest BCUT2D eigenvalue weighted by atomic mass is 31.1. The molecule has 0 aliphatic rings. The van der Waals surface area contributed by atoms with Crippen molar-refractivity contribution in [2.24, 2.45) is 0 Å². The topological polar surface area (TPSA) is 66.4 Å². The molecule has 0 spiro atoms. The van der Waals surface area contributed by atoms with Crippen molar-refractivity contribution < 1.29 is 14.2 Å². The summed E-state index contributed by atoms with van der Waals surface area (Å²) in [5.41, 5.74) is 0. The van der Waals surface area contributed by atoms with Crippen molar-refractivity contribution in [2.75, 3.05) is 19.4 Å². The van der Waals surface area contributed by atoms with Crippen molar-refractivity contribution in [3.05, 3.63) is 0 Å². The second-order valence-electron chi connectivity index (χ2n) is 1.21. The number of hydrogen-bond acceptors (Lipinski definition) is 4. The quantitative estimate of drug-likeness (QED) is 0.412. The van der Waals surface area contributed by atoms with Crippen LogP contribution >= 0.6 is 7.68 Å². The largest absolute Gasteiger partial charge is 0.395 e. The number of aliphatic hydroxyl groups excluding tert-OH is 1. The van der Waals surface area contributed by atoms with Crippen LogP contribution in [0.15, 0.2) is 0 Å². The highest BCUT2D eigenvalue weighted by Crippen LogP contribution is 1.95. The Bertz CT molecular complexity index is 103. The summed E-state index contributed by atoms with van der Waals surface area (Å²) in [7, 11) is -2.33. The van der Waals surface area contributed by atoms with Crippen LogP contribution in [0.5, 0.6) is 0 Å². The van der Waals surface area contributed by atoms with E-state index in [-0.39, 0.29) is 12.9 Å². The van der Waals surface area contributed by atoms with Gasteiger partial charge in [-0.25, -0.2) is 9.13 Å². The predicted octanol–water partition coefficient (Wildman–Crippen LogP) is -0.301. The van der Waals surface area contributed by atoms with Crippen LogP contribution in [0.4, 0.5) is 0 Å². The fraction of sp³-hybridized carbons (Fsp3) is 1.00. The molecule has 0 amide bonds. The molecule has 0 unspecified atom stereocenters. The maximum atomic E-state index is 9.77. The number of nitrogens with one attached hydrogen (secondary N) is 1. The van der Waals surface area contributed by atoms with Gasteiger partial charge in [0.2, 0.25) is 0 Å². The minimum absolute atomic E-state index is 0.0246. The molecular weight excluding hydrogens is 129 g/mol. The summed E-state index contributed by atoms with van der Waals surface area (Å²) in [5.74, 6) is 0. The van der Waals surface area contributed by atoms with E-state index in [9.17, 15) is 9.13 Å². The molecule has 0 bridgehead atoms. The van der Waals surface area contributed by atoms with Gasteiger partial charge in [0.15, 0.2) is 0 Å². The van der Waals surface area contributed by atoms with Gasteiger partial charge in [-0.1, -0.05) is 0 Å². The average molecular weight is 137 g/mol. The van der Waals surface area contributed by atoms with Crippen molar-refractivity contribution >= 4 is 7.68 Å². The van der Waals surface area contributed by atoms with Crippen LogP contribution < -0.4 is 5.32 Å². The Morgan fingerprint density at radius 2 is 2.12 bits per heavy atom. The third kappa shape index (κ3) is 5.82. The highest BCUT2D eigenvalue weighted by Gasteiger charge is 1.86. The first-order chi connectivity index (χ1) is 3.77. The number of rotatable bonds is 4. The van der Waals surface area contributed by atoms with Crippen LogP contribution in [-0.4, -0.2) is 24.5 Å². The lowest BCUT2D eigenvalue weighted by Gasteiger charge is -1.90. The fourth-order valence-corrected chi connectivity index (χ4v) is 0.590. The molecule has 0 rings (SSSR count). The second kappa shape index (κ2) is 4.97. The zero-order valence-electron chi connectivity index (χ0n) is 4.33. The number of aliphatic hydroxyl groups is 1. The maximum Gasteiger partial charge on any atom is 0.329 e. The van der Waals surface area contributed by atoms with Gasteiger partial charge in [-0.05, 0) is 0 Å². The van der Waals surface area contributed by atoms with Crippen LogP contribution in [0.1, 0.15) is 0 Å². The SMILES string of the molecule is O=P(=O)CNCCO. The maximum absolute atomic E-state index is 9.77. The van der Waals surface area contributed by atoms with Gasteiger partial charge in [0.05, 0.1) is 6.61 Å². The van der Waals surface area contributed by atoms with Crippen molar-refractivity contribution in [3.8, 4) is 0 Å². The van der Waals surface area contributed by atoms with E-state index in [0.29, 0.717) is 6.54 Å². The van der Waals surface area contributed by atoms with Crippen molar-refractivity contribution in [1.82, 2.24) is 5.32 Å². The summed E-state index contributed by atoms with van der Waals surface area (Å²) in [5, 5.41) is 10.6. The summed E-state index contributed by atoms with van der Waals surface area (Å²) >= 11 is 0. The van der Waals surface area contributed by atoms with Crippen LogP contribution in [0.25, 0.3) is 0 Å². The standard InChI is InChI=1S/C3H8NO3P/c5-2-1-4-3-8(6)7/h4-5H,1-3H2. The molecular formula is C3H8NO3P. The molecule has 0 saturated carbocycles. The van der Waals surface area contributed by atoms with Gasteiger partial charge in [0.25, 0.3) is 0 Å². The van der Waals surface area contributed by atoms with Gasteiger partial charge in [0.1, 0.15) is 6.29 Å². The zero-order valence-corrected chi connectivity index (χ0v) is 5.23. The Kier molecular flexibility index (Phi) is 4.85. The molecule has 2 N–H and O–H groups in total. The highest BCUT2D eigenvalue weighted by molar-refractivity contribution is 7.30. The summed E-state index contributed by atoms with van der Waals surface area (Å²) in [6.45, 7) is 0.312. The molecule has 0 saturated heterocycles. The first kappa shape index (κ1) is 7.82. The number of hydrogen-bond donors (Lipinski definition) is 2. The summed E-state index contributed by atoms with van der Waals surface area (Å²) in [6, 6.07) is 0. The normalized spacial score (nSPS) is 9.12. The Labute approximate surface area is 47.7 Å². The summed E-state index contributed by atoms with van der Waals surface area (Å²) < 4.78 is 19.5. The van der Waals surface area contributed by atoms with E-state index in [1.54, 1.807) is 0 Å². The third-order valence-electron chi connectivity index (χ3n) is 0.529. The Hall–Kier alpha value is -0.180. The molecule has 0 atom stereocenters. The first-order valence-corrected chi connectivity index (χ1v) is 3.57. The lowest BCUT2D eigenvalue weighted by atomic mass is 10.7. The van der Waals surface area contributed by atoms with E-state index < -0.39 is 7.68 Å². The Balaban J connectivity index is 2.94. The first-order valence-electron chi connectivity index (χ1n) is 2.20. The molecule has 0 radical (unpaired) electrons. The van der Waals surface area contributed by atoms with Gasteiger partial charge in [-0.3, -0.25) is 0 Å². The average Bonchev–Trinajstić information content (AvgIpc) is 1.66. The fourth-order valence-electron chi connectivity index (χ4n) is 0.249. The van der Waals surface area contributed by atoms with Gasteiger partial charge in [0, 0.05) is 6.54 Å². The lowest BCUT2D eigenvalue weighted by molar-refractivity contribution is 0.295. The van der Waals surface area contributed by atoms with Crippen molar-refractivity contribution in [1.29, 1.82) is 0 Å². The van der Waals surface area contributed by atoms with Gasteiger partial charge in [-0.15, -0.1) is 0 Å². The van der Waals surface area contributed by atoms with Crippen LogP contribution in [-0.2, 0) is 9.13 Å². The van der Waals surface area contributed by atoms with Crippen molar-refractivity contribution in [3.63, 3.8) is 0 Å². The Morgan fingerprint density at radius 3 is 2.50 bits per heavy atom. The predicted molar refractivity (Wildman–Crippen MR) is 28.2 cm³/mol. The summed E-state index contributed by atoms with van der Waals surface area (Å²) in [6.07, 6.45) is -0.0457. The van der Waals surface area contributed by atoms with Gasteiger partial charge >= 0.3 is 7.68 Å². The third-order valence-corrected chi connectivity index (χ3v) is 1.01. The molecule has 4 nitrogen and oxygen atoms in total. The van der Waals surface area contributed by atoms with E-state index in [2.05, 4.69) is 5.32 Å². The molecule has 0 aliphatic heterocycles. The molecule has 0 aromatic heterocycles. The molecule has 5 heteroatoms. The smallest absolute Gasteiger partial charge is 0.329 e. The minimum Gasteiger partial charge on any atom is -0.395 e. The molecule has 0 aromatic carbocycles. The minimum atomic E-state index is -2.33. The van der Waals surface area contributed by atoms with E-state index in [1.165, 1.54) is 0 Å². The monoisotopic (exact) mass is 137 g/mol. The molecule has 0 heterocycles. The van der Waals surface area contributed by atoms with Crippen LogP contribution in [0.2, 0.25) is 0 Å². The van der Waals surface area contributed by atoms with Gasteiger partial charge < -0.3 is 10.4 Å². The van der Waals surface area contributed by atoms with E-state index in [4.69, 9.17) is 5.11 Å². The second-order valence-corrected chi connectivity index (χ2v) is 2.20. The van der Waals surface area contributed by atoms with E-state index >= 15 is 0 Å². The van der Waals surface area contributed by atoms with Crippen LogP contribution in [0.3, 0.4) is 0 Å². The summed E-state index contributed by atoms with van der Waals surface area (Å²) in [4.78, 5) is 0. The van der Waals surface area contributed by atoms with Gasteiger partial charge in [-0.2, -0.15) is 0 Å². The molecule has 0 aliphatic carbocycles. The van der Waals surface area contributed by atoms with E-state index in [1.807, 2.05) is 0 Å². The zero-order chi connectivity index (χ0) is 6.41. The Morgan fingerprint density at radius 1 is 1.50 bits per heavy atom. The molecule has 0 aromatic rings.